The minimum Gasteiger partial charge on any atom is -0.378 e. The highest BCUT2D eigenvalue weighted by molar-refractivity contribution is 5.94. The van der Waals surface area contributed by atoms with Gasteiger partial charge in [-0.15, -0.1) is 0 Å². The van der Waals surface area contributed by atoms with Crippen LogP contribution in [0.1, 0.15) is 61.5 Å². The molecule has 5 nitrogen and oxygen atoms in total. The summed E-state index contributed by atoms with van der Waals surface area (Å²) >= 11 is 0. The SMILES string of the molecule is CC.CC.O=C(NCCC(c1ccccc1)c1ccccc1)c1ccc(N2CCOCC2)nc1. The normalized spacial score (nSPS) is 12.7. The van der Waals surface area contributed by atoms with Crippen molar-refractivity contribution < 1.29 is 9.53 Å². The van der Waals surface area contributed by atoms with Crippen molar-refractivity contribution in [3.05, 3.63) is 95.7 Å². The number of nitrogens with zero attached hydrogens (tertiary/aromatic N) is 2. The maximum Gasteiger partial charge on any atom is 0.252 e. The number of carbonyl (C=O) groups excluding carboxylic acids is 1. The van der Waals surface area contributed by atoms with E-state index < -0.39 is 0 Å². The number of carbonyl (C=O) groups is 1. The molecular formula is C29H39N3O2. The lowest BCUT2D eigenvalue weighted by Gasteiger charge is -2.27. The molecule has 0 unspecified atom stereocenters. The minimum absolute atomic E-state index is 0.0871. The van der Waals surface area contributed by atoms with Crippen molar-refractivity contribution in [2.75, 3.05) is 37.7 Å². The number of ether oxygens (including phenoxy) is 1. The van der Waals surface area contributed by atoms with Gasteiger partial charge >= 0.3 is 0 Å². The number of hydrogen-bond donors (Lipinski definition) is 1. The summed E-state index contributed by atoms with van der Waals surface area (Å²) in [5.74, 6) is 1.05. The average Bonchev–Trinajstić information content (AvgIpc) is 2.95. The Kier molecular flexibility index (Phi) is 12.4. The first-order valence-electron chi connectivity index (χ1n) is 12.5. The molecule has 1 N–H and O–H groups in total. The first-order chi connectivity index (χ1) is 16.8. The van der Waals surface area contributed by atoms with E-state index in [1.165, 1.54) is 11.1 Å². The van der Waals surface area contributed by atoms with Crippen LogP contribution in [0.5, 0.6) is 0 Å². The zero-order valence-corrected chi connectivity index (χ0v) is 21.0. The number of rotatable bonds is 7. The van der Waals surface area contributed by atoms with Crippen LogP contribution in [0.15, 0.2) is 79.0 Å². The summed E-state index contributed by atoms with van der Waals surface area (Å²) in [6.45, 7) is 11.7. The fourth-order valence-electron chi connectivity index (χ4n) is 3.83. The van der Waals surface area contributed by atoms with Crippen LogP contribution in [-0.2, 0) is 4.74 Å². The highest BCUT2D eigenvalue weighted by Gasteiger charge is 2.16. The van der Waals surface area contributed by atoms with Gasteiger partial charge in [0, 0.05) is 31.7 Å². The van der Waals surface area contributed by atoms with Gasteiger partial charge in [0.1, 0.15) is 5.82 Å². The maximum absolute atomic E-state index is 12.6. The molecule has 1 fully saturated rings. The first kappa shape index (κ1) is 27.1. The second-order valence-electron chi connectivity index (χ2n) is 7.42. The molecule has 4 rings (SSSR count). The number of aromatic nitrogens is 1. The molecule has 3 aromatic rings. The number of amides is 1. The topological polar surface area (TPSA) is 54.5 Å². The van der Waals surface area contributed by atoms with Crippen molar-refractivity contribution in [3.8, 4) is 0 Å². The fourth-order valence-corrected chi connectivity index (χ4v) is 3.83. The molecule has 1 aromatic heterocycles. The summed E-state index contributed by atoms with van der Waals surface area (Å²) < 4.78 is 5.38. The van der Waals surface area contributed by atoms with E-state index in [1.807, 2.05) is 52.0 Å². The largest absolute Gasteiger partial charge is 0.378 e. The van der Waals surface area contributed by atoms with Gasteiger partial charge in [0.25, 0.3) is 5.91 Å². The van der Waals surface area contributed by atoms with Gasteiger partial charge in [-0.25, -0.2) is 4.98 Å². The van der Waals surface area contributed by atoms with Crippen molar-refractivity contribution >= 4 is 11.7 Å². The van der Waals surface area contributed by atoms with Crippen LogP contribution in [-0.4, -0.2) is 43.7 Å². The van der Waals surface area contributed by atoms with Gasteiger partial charge in [-0.1, -0.05) is 88.4 Å². The predicted octanol–water partition coefficient (Wildman–Crippen LogP) is 5.92. The Labute approximate surface area is 205 Å². The van der Waals surface area contributed by atoms with Crippen molar-refractivity contribution in [2.24, 2.45) is 0 Å². The van der Waals surface area contributed by atoms with Gasteiger partial charge in [-0.3, -0.25) is 4.79 Å². The molecule has 1 aliphatic heterocycles. The van der Waals surface area contributed by atoms with E-state index in [0.29, 0.717) is 25.3 Å². The molecule has 0 atom stereocenters. The molecule has 2 heterocycles. The second kappa shape index (κ2) is 15.6. The van der Waals surface area contributed by atoms with E-state index in [-0.39, 0.29) is 11.8 Å². The van der Waals surface area contributed by atoms with Gasteiger partial charge in [0.15, 0.2) is 0 Å². The number of nitrogens with one attached hydrogen (secondary N) is 1. The van der Waals surface area contributed by atoms with Crippen LogP contribution < -0.4 is 10.2 Å². The second-order valence-corrected chi connectivity index (χ2v) is 7.42. The van der Waals surface area contributed by atoms with Crippen LogP contribution in [0.2, 0.25) is 0 Å². The lowest BCUT2D eigenvalue weighted by Crippen LogP contribution is -2.36. The van der Waals surface area contributed by atoms with Crippen molar-refractivity contribution in [1.29, 1.82) is 0 Å². The summed E-state index contributed by atoms with van der Waals surface area (Å²) in [5.41, 5.74) is 3.10. The van der Waals surface area contributed by atoms with Crippen LogP contribution in [0.3, 0.4) is 0 Å². The molecule has 182 valence electrons. The third-order valence-corrected chi connectivity index (χ3v) is 5.47. The Bertz CT molecular complexity index is 885. The molecule has 0 radical (unpaired) electrons. The number of pyridine rings is 1. The Morgan fingerprint density at radius 3 is 1.94 bits per heavy atom. The molecule has 1 saturated heterocycles. The molecule has 1 amide bonds. The van der Waals surface area contributed by atoms with Crippen LogP contribution in [0.25, 0.3) is 0 Å². The lowest BCUT2D eigenvalue weighted by molar-refractivity contribution is 0.0952. The lowest BCUT2D eigenvalue weighted by atomic mass is 9.88. The van der Waals surface area contributed by atoms with Gasteiger partial charge in [0.2, 0.25) is 0 Å². The molecule has 5 heteroatoms. The predicted molar refractivity (Wildman–Crippen MR) is 142 cm³/mol. The standard InChI is InChI=1S/C25H27N3O2.2C2H6/c29-25(22-11-12-24(27-19-22)28-15-17-30-18-16-28)26-14-13-23(20-7-3-1-4-8-20)21-9-5-2-6-10-21;2*1-2/h1-12,19,23H,13-18H2,(H,26,29);2*1-2H3. The first-order valence-corrected chi connectivity index (χ1v) is 12.5. The quantitative estimate of drug-likeness (QED) is 0.474. The van der Waals surface area contributed by atoms with E-state index in [9.17, 15) is 4.79 Å². The zero-order chi connectivity index (χ0) is 24.6. The summed E-state index contributed by atoms with van der Waals surface area (Å²) in [6.07, 6.45) is 2.49. The number of morpholine rings is 1. The maximum atomic E-state index is 12.6. The van der Waals surface area contributed by atoms with Gasteiger partial charge in [-0.2, -0.15) is 0 Å². The number of hydrogen-bond acceptors (Lipinski definition) is 4. The van der Waals surface area contributed by atoms with E-state index >= 15 is 0 Å². The monoisotopic (exact) mass is 461 g/mol. The number of anilines is 1. The van der Waals surface area contributed by atoms with Crippen molar-refractivity contribution in [2.45, 2.75) is 40.0 Å². The molecule has 2 aromatic carbocycles. The third kappa shape index (κ3) is 7.99. The molecule has 34 heavy (non-hydrogen) atoms. The molecular weight excluding hydrogens is 422 g/mol. The summed E-state index contributed by atoms with van der Waals surface area (Å²) in [6, 6.07) is 24.6. The molecule has 0 spiro atoms. The van der Waals surface area contributed by atoms with Crippen LogP contribution >= 0.6 is 0 Å². The average molecular weight is 462 g/mol. The minimum atomic E-state index is -0.0871. The highest BCUT2D eigenvalue weighted by atomic mass is 16.5. The molecule has 0 saturated carbocycles. The fraction of sp³-hybridized carbons (Fsp3) is 0.379. The Balaban J connectivity index is 0.000000970. The Morgan fingerprint density at radius 2 is 1.44 bits per heavy atom. The smallest absolute Gasteiger partial charge is 0.252 e. The van der Waals surface area contributed by atoms with Gasteiger partial charge < -0.3 is 15.0 Å². The van der Waals surface area contributed by atoms with E-state index in [4.69, 9.17) is 4.74 Å². The van der Waals surface area contributed by atoms with E-state index in [1.54, 1.807) is 6.20 Å². The highest BCUT2D eigenvalue weighted by Crippen LogP contribution is 2.27. The summed E-state index contributed by atoms with van der Waals surface area (Å²) in [7, 11) is 0. The van der Waals surface area contributed by atoms with Crippen molar-refractivity contribution in [3.63, 3.8) is 0 Å². The Morgan fingerprint density at radius 1 is 0.882 bits per heavy atom. The van der Waals surface area contributed by atoms with Crippen LogP contribution in [0, 0.1) is 0 Å². The molecule has 0 bridgehead atoms. The molecule has 1 aliphatic rings. The van der Waals surface area contributed by atoms with E-state index in [0.717, 1.165) is 25.3 Å². The van der Waals surface area contributed by atoms with Gasteiger partial charge in [-0.05, 0) is 29.7 Å². The summed E-state index contributed by atoms with van der Waals surface area (Å²) in [4.78, 5) is 19.2. The van der Waals surface area contributed by atoms with Crippen LogP contribution in [0.4, 0.5) is 5.82 Å². The number of benzene rings is 2. The zero-order valence-electron chi connectivity index (χ0n) is 21.0. The summed E-state index contributed by atoms with van der Waals surface area (Å²) in [5, 5.41) is 3.06. The Hall–Kier alpha value is -3.18. The van der Waals surface area contributed by atoms with Gasteiger partial charge in [0.05, 0.1) is 18.8 Å². The molecule has 0 aliphatic carbocycles. The van der Waals surface area contributed by atoms with Crippen molar-refractivity contribution in [1.82, 2.24) is 10.3 Å². The van der Waals surface area contributed by atoms with E-state index in [2.05, 4.69) is 63.7 Å². The third-order valence-electron chi connectivity index (χ3n) is 5.47.